The zero-order valence-electron chi connectivity index (χ0n) is 12.8. The van der Waals surface area contributed by atoms with E-state index in [4.69, 9.17) is 5.26 Å². The van der Waals surface area contributed by atoms with Gasteiger partial charge in [0.1, 0.15) is 6.07 Å². The van der Waals surface area contributed by atoms with E-state index in [1.165, 1.54) is 0 Å². The van der Waals surface area contributed by atoms with Crippen LogP contribution in [0.2, 0.25) is 0 Å². The zero-order chi connectivity index (χ0) is 16.1. The molecule has 1 saturated carbocycles. The molecule has 1 fully saturated rings. The number of anilines is 1. The molecule has 1 aromatic rings. The topological polar surface area (TPSA) is 85.2 Å². The molecule has 0 aromatic heterocycles. The molecule has 1 aromatic carbocycles. The van der Waals surface area contributed by atoms with Crippen molar-refractivity contribution >= 4 is 17.5 Å². The van der Waals surface area contributed by atoms with Gasteiger partial charge in [-0.3, -0.25) is 14.5 Å². The molecule has 1 aliphatic rings. The number of nitriles is 1. The summed E-state index contributed by atoms with van der Waals surface area (Å²) in [4.78, 5) is 25.7. The number of hydrogen-bond donors (Lipinski definition) is 2. The van der Waals surface area contributed by atoms with Crippen molar-refractivity contribution in [1.29, 1.82) is 5.26 Å². The summed E-state index contributed by atoms with van der Waals surface area (Å²) < 4.78 is 0. The summed E-state index contributed by atoms with van der Waals surface area (Å²) in [7, 11) is 1.73. The van der Waals surface area contributed by atoms with Crippen molar-refractivity contribution in [2.75, 3.05) is 18.9 Å². The van der Waals surface area contributed by atoms with Gasteiger partial charge in [0, 0.05) is 6.04 Å². The molecular weight excluding hydrogens is 280 g/mol. The van der Waals surface area contributed by atoms with Crippen LogP contribution >= 0.6 is 0 Å². The molecule has 2 rings (SSSR count). The van der Waals surface area contributed by atoms with Gasteiger partial charge in [0.2, 0.25) is 11.8 Å². The fourth-order valence-electron chi connectivity index (χ4n) is 1.99. The number of carbonyl (C=O) groups is 2. The van der Waals surface area contributed by atoms with Crippen molar-refractivity contribution in [2.24, 2.45) is 0 Å². The highest BCUT2D eigenvalue weighted by Crippen LogP contribution is 2.18. The van der Waals surface area contributed by atoms with Crippen LogP contribution in [0.5, 0.6) is 0 Å². The highest BCUT2D eigenvalue weighted by molar-refractivity contribution is 5.96. The van der Waals surface area contributed by atoms with Crippen molar-refractivity contribution in [3.8, 4) is 6.07 Å². The largest absolute Gasteiger partial charge is 0.352 e. The lowest BCUT2D eigenvalue weighted by molar-refractivity contribution is -0.124. The molecule has 6 nitrogen and oxygen atoms in total. The van der Waals surface area contributed by atoms with E-state index in [0.29, 0.717) is 17.3 Å². The molecule has 22 heavy (non-hydrogen) atoms. The molecule has 1 atom stereocenters. The van der Waals surface area contributed by atoms with Crippen LogP contribution in [0.3, 0.4) is 0 Å². The van der Waals surface area contributed by atoms with Gasteiger partial charge in [-0.1, -0.05) is 12.1 Å². The van der Waals surface area contributed by atoms with E-state index in [1.54, 1.807) is 43.1 Å². The number of hydrogen-bond acceptors (Lipinski definition) is 4. The summed E-state index contributed by atoms with van der Waals surface area (Å²) in [6.07, 6.45) is 2.08. The van der Waals surface area contributed by atoms with Gasteiger partial charge in [0.05, 0.1) is 23.8 Å². The molecule has 1 aliphatic carbocycles. The van der Waals surface area contributed by atoms with E-state index in [-0.39, 0.29) is 18.4 Å². The second kappa shape index (κ2) is 7.05. The Hall–Kier alpha value is -2.39. The minimum Gasteiger partial charge on any atom is -0.352 e. The Morgan fingerprint density at radius 1 is 1.41 bits per heavy atom. The first kappa shape index (κ1) is 16.0. The Labute approximate surface area is 130 Å². The Morgan fingerprint density at radius 3 is 2.73 bits per heavy atom. The Bertz CT molecular complexity index is 604. The molecule has 116 valence electrons. The van der Waals surface area contributed by atoms with Crippen molar-refractivity contribution in [2.45, 2.75) is 31.8 Å². The van der Waals surface area contributed by atoms with E-state index in [0.717, 1.165) is 12.8 Å². The van der Waals surface area contributed by atoms with E-state index >= 15 is 0 Å². The first-order valence-corrected chi connectivity index (χ1v) is 7.31. The predicted molar refractivity (Wildman–Crippen MR) is 83.0 cm³/mol. The smallest absolute Gasteiger partial charge is 0.241 e. The van der Waals surface area contributed by atoms with Crippen LogP contribution in [0.15, 0.2) is 24.3 Å². The summed E-state index contributed by atoms with van der Waals surface area (Å²) in [6.45, 7) is 1.90. The molecule has 0 saturated heterocycles. The number of nitrogens with one attached hydrogen (secondary N) is 2. The molecule has 6 heteroatoms. The fourth-order valence-corrected chi connectivity index (χ4v) is 1.99. The quantitative estimate of drug-likeness (QED) is 0.823. The number of carbonyl (C=O) groups excluding carboxylic acids is 2. The van der Waals surface area contributed by atoms with Gasteiger partial charge in [-0.05, 0) is 38.9 Å². The average molecular weight is 300 g/mol. The first-order chi connectivity index (χ1) is 10.5. The van der Waals surface area contributed by atoms with Crippen LogP contribution in [0.4, 0.5) is 5.69 Å². The monoisotopic (exact) mass is 300 g/mol. The lowest BCUT2D eigenvalue weighted by Crippen LogP contribution is -2.45. The van der Waals surface area contributed by atoms with E-state index in [1.807, 2.05) is 6.07 Å². The molecular formula is C16H20N4O2. The second-order valence-corrected chi connectivity index (χ2v) is 5.58. The van der Waals surface area contributed by atoms with Crippen LogP contribution in [-0.4, -0.2) is 42.4 Å². The maximum absolute atomic E-state index is 12.2. The number of rotatable bonds is 6. The van der Waals surface area contributed by atoms with Gasteiger partial charge in [-0.25, -0.2) is 0 Å². The summed E-state index contributed by atoms with van der Waals surface area (Å²) in [5.41, 5.74) is 0.898. The Morgan fingerprint density at radius 2 is 2.09 bits per heavy atom. The van der Waals surface area contributed by atoms with Gasteiger partial charge in [0.15, 0.2) is 0 Å². The number of benzene rings is 1. The Balaban J connectivity index is 1.90. The van der Waals surface area contributed by atoms with Gasteiger partial charge in [0.25, 0.3) is 0 Å². The number of amides is 2. The highest BCUT2D eigenvalue weighted by atomic mass is 16.2. The van der Waals surface area contributed by atoms with Crippen LogP contribution in [-0.2, 0) is 9.59 Å². The Kier molecular flexibility index (Phi) is 5.12. The second-order valence-electron chi connectivity index (χ2n) is 5.58. The van der Waals surface area contributed by atoms with Gasteiger partial charge in [-0.15, -0.1) is 0 Å². The molecule has 0 radical (unpaired) electrons. The van der Waals surface area contributed by atoms with Gasteiger partial charge >= 0.3 is 0 Å². The molecule has 2 amide bonds. The minimum atomic E-state index is -0.475. The zero-order valence-corrected chi connectivity index (χ0v) is 12.8. The van der Waals surface area contributed by atoms with E-state index in [2.05, 4.69) is 10.6 Å². The standard InChI is InChI=1S/C16H20N4O2/c1-11(20(2)10-15(21)18-13-7-8-13)16(22)19-14-6-4-3-5-12(14)9-17/h3-6,11,13H,7-8,10H2,1-2H3,(H,18,21)(H,19,22)/t11-/m0/s1. The predicted octanol–water partition coefficient (Wildman–Crippen LogP) is 1.10. The molecule has 2 N–H and O–H groups in total. The molecule has 0 unspecified atom stereocenters. The lowest BCUT2D eigenvalue weighted by atomic mass is 10.2. The van der Waals surface area contributed by atoms with Crippen LogP contribution in [0, 0.1) is 11.3 Å². The van der Waals surface area contributed by atoms with Gasteiger partial charge in [-0.2, -0.15) is 5.26 Å². The van der Waals surface area contributed by atoms with Crippen molar-refractivity contribution < 1.29 is 9.59 Å². The molecule has 0 bridgehead atoms. The van der Waals surface area contributed by atoms with Crippen LogP contribution in [0.1, 0.15) is 25.3 Å². The maximum atomic E-state index is 12.2. The molecule has 0 spiro atoms. The average Bonchev–Trinajstić information content (AvgIpc) is 3.30. The van der Waals surface area contributed by atoms with Crippen LogP contribution in [0.25, 0.3) is 0 Å². The van der Waals surface area contributed by atoms with Crippen molar-refractivity contribution in [1.82, 2.24) is 10.2 Å². The highest BCUT2D eigenvalue weighted by Gasteiger charge is 2.25. The summed E-state index contributed by atoms with van der Waals surface area (Å²) in [5.74, 6) is -0.313. The summed E-state index contributed by atoms with van der Waals surface area (Å²) in [5, 5.41) is 14.6. The van der Waals surface area contributed by atoms with Crippen molar-refractivity contribution in [3.05, 3.63) is 29.8 Å². The van der Waals surface area contributed by atoms with Crippen LogP contribution < -0.4 is 10.6 Å². The minimum absolute atomic E-state index is 0.0675. The lowest BCUT2D eigenvalue weighted by Gasteiger charge is -2.23. The maximum Gasteiger partial charge on any atom is 0.241 e. The number of likely N-dealkylation sites (N-methyl/N-ethyl adjacent to an activating group) is 1. The number of nitrogens with zero attached hydrogens (tertiary/aromatic N) is 2. The van der Waals surface area contributed by atoms with Crippen molar-refractivity contribution in [3.63, 3.8) is 0 Å². The van der Waals surface area contributed by atoms with Gasteiger partial charge < -0.3 is 10.6 Å². The van der Waals surface area contributed by atoms with E-state index in [9.17, 15) is 9.59 Å². The normalized spacial score (nSPS) is 15.0. The summed E-state index contributed by atoms with van der Waals surface area (Å²) in [6, 6.07) is 8.70. The summed E-state index contributed by atoms with van der Waals surface area (Å²) >= 11 is 0. The third kappa shape index (κ3) is 4.30. The number of para-hydroxylation sites is 1. The fraction of sp³-hybridized carbons (Fsp3) is 0.438. The SMILES string of the molecule is C[C@@H](C(=O)Nc1ccccc1C#N)N(C)CC(=O)NC1CC1. The molecule has 0 aliphatic heterocycles. The van der Waals surface area contributed by atoms with E-state index < -0.39 is 6.04 Å². The molecule has 0 heterocycles. The third-order valence-electron chi connectivity index (χ3n) is 3.68. The third-order valence-corrected chi connectivity index (χ3v) is 3.68. The first-order valence-electron chi connectivity index (χ1n) is 7.31.